The maximum absolute atomic E-state index is 4.03. The van der Waals surface area contributed by atoms with Gasteiger partial charge in [0.2, 0.25) is 0 Å². The Morgan fingerprint density at radius 3 is 1.82 bits per heavy atom. The maximum atomic E-state index is 4.03. The van der Waals surface area contributed by atoms with Crippen molar-refractivity contribution in [3.8, 4) is 22.3 Å². The first-order valence-electron chi connectivity index (χ1n) is 18.2. The van der Waals surface area contributed by atoms with Gasteiger partial charge in [-0.25, -0.2) is 0 Å². The summed E-state index contributed by atoms with van der Waals surface area (Å²) in [4.78, 5) is 0. The van der Waals surface area contributed by atoms with E-state index >= 15 is 0 Å². The molecule has 1 N–H and O–H groups in total. The molecule has 0 unspecified atom stereocenters. The minimum absolute atomic E-state index is 0.0280. The summed E-state index contributed by atoms with van der Waals surface area (Å²) in [5, 5.41) is 9.29. The smallest absolute Gasteiger partial charge is 0.0726 e. The van der Waals surface area contributed by atoms with E-state index in [-0.39, 0.29) is 10.8 Å². The minimum atomic E-state index is -0.417. The molecule has 8 aromatic rings. The lowest BCUT2D eigenvalue weighted by Gasteiger charge is -2.33. The van der Waals surface area contributed by atoms with E-state index in [1.165, 1.54) is 86.6 Å². The molecule has 1 heterocycles. The number of anilines is 2. The monoisotopic (exact) mass is 675 g/mol. The molecule has 0 radical (unpaired) electrons. The van der Waals surface area contributed by atoms with Gasteiger partial charge < -0.3 is 5.32 Å². The van der Waals surface area contributed by atoms with Gasteiger partial charge in [-0.3, -0.25) is 0 Å². The molecule has 0 amide bonds. The second kappa shape index (κ2) is 10.4. The third-order valence-electron chi connectivity index (χ3n) is 11.6. The van der Waals surface area contributed by atoms with Crippen LogP contribution in [0.1, 0.15) is 74.9 Å². The Balaban J connectivity index is 1.24. The number of hydrogen-bond donors (Lipinski definition) is 1. The summed E-state index contributed by atoms with van der Waals surface area (Å²) in [6, 6.07) is 50.8. The van der Waals surface area contributed by atoms with Crippen LogP contribution in [-0.2, 0) is 16.2 Å². The summed E-state index contributed by atoms with van der Waals surface area (Å²) >= 11 is 1.89. The molecule has 0 saturated heterocycles. The zero-order valence-electron chi connectivity index (χ0n) is 30.1. The maximum Gasteiger partial charge on any atom is 0.0726 e. The molecular formula is C49H41NS. The SMILES string of the molecule is CC(C)(C)c1ccc2c(c1)C1(c3cc(C(C)(C)C)ccc3-2)c2ccccc2-c2c(Nc3cccc4c3sc3ccc5ccccc5c34)cccc21. The molecule has 2 heteroatoms. The predicted octanol–water partition coefficient (Wildman–Crippen LogP) is 13.9. The quantitative estimate of drug-likeness (QED) is 0.192. The van der Waals surface area contributed by atoms with Crippen molar-refractivity contribution in [2.75, 3.05) is 5.32 Å². The highest BCUT2D eigenvalue weighted by molar-refractivity contribution is 7.26. The van der Waals surface area contributed by atoms with Crippen molar-refractivity contribution in [3.63, 3.8) is 0 Å². The van der Waals surface area contributed by atoms with Crippen LogP contribution in [-0.4, -0.2) is 0 Å². The van der Waals surface area contributed by atoms with E-state index < -0.39 is 5.41 Å². The molecule has 51 heavy (non-hydrogen) atoms. The second-order valence-electron chi connectivity index (χ2n) is 16.6. The van der Waals surface area contributed by atoms with E-state index in [2.05, 4.69) is 180 Å². The van der Waals surface area contributed by atoms with E-state index in [1.54, 1.807) is 0 Å². The topological polar surface area (TPSA) is 12.0 Å². The average Bonchev–Trinajstić information content (AvgIpc) is 3.75. The van der Waals surface area contributed by atoms with E-state index in [0.717, 1.165) is 11.4 Å². The third kappa shape index (κ3) is 4.20. The Bertz CT molecular complexity index is 2680. The fraction of sp³-hybridized carbons (Fsp3) is 0.184. The lowest BCUT2D eigenvalue weighted by molar-refractivity contribution is 0.586. The molecule has 1 spiro atoms. The summed E-state index contributed by atoms with van der Waals surface area (Å²) in [5.41, 5.74) is 15.5. The number of fused-ring (bicyclic) bond motifs is 15. The zero-order valence-corrected chi connectivity index (χ0v) is 30.9. The van der Waals surface area contributed by atoms with Crippen LogP contribution < -0.4 is 5.32 Å². The molecule has 7 aromatic carbocycles. The lowest BCUT2D eigenvalue weighted by Crippen LogP contribution is -2.27. The van der Waals surface area contributed by atoms with Crippen LogP contribution in [0.25, 0.3) is 53.2 Å². The Morgan fingerprint density at radius 2 is 1.10 bits per heavy atom. The molecule has 1 aromatic heterocycles. The summed E-state index contributed by atoms with van der Waals surface area (Å²) in [7, 11) is 0. The van der Waals surface area contributed by atoms with Crippen LogP contribution in [0.15, 0.2) is 133 Å². The summed E-state index contributed by atoms with van der Waals surface area (Å²) in [6.45, 7) is 14.0. The number of nitrogens with one attached hydrogen (secondary N) is 1. The molecule has 2 aliphatic carbocycles. The van der Waals surface area contributed by atoms with Crippen LogP contribution in [0, 0.1) is 0 Å². The Kier molecular flexibility index (Phi) is 6.27. The Labute approximate surface area is 304 Å². The predicted molar refractivity (Wildman–Crippen MR) is 220 cm³/mol. The number of thiophene rings is 1. The summed E-state index contributed by atoms with van der Waals surface area (Å²) in [6.07, 6.45) is 0. The van der Waals surface area contributed by atoms with E-state index in [9.17, 15) is 0 Å². The minimum Gasteiger partial charge on any atom is -0.354 e. The Hall–Kier alpha value is -5.18. The van der Waals surface area contributed by atoms with E-state index in [4.69, 9.17) is 0 Å². The Morgan fingerprint density at radius 1 is 0.490 bits per heavy atom. The van der Waals surface area contributed by atoms with Gasteiger partial charge >= 0.3 is 0 Å². The van der Waals surface area contributed by atoms with Gasteiger partial charge in [0.15, 0.2) is 0 Å². The fourth-order valence-corrected chi connectivity index (χ4v) is 10.3. The van der Waals surface area contributed by atoms with Crippen LogP contribution in [0.3, 0.4) is 0 Å². The highest BCUT2D eigenvalue weighted by atomic mass is 32.1. The largest absolute Gasteiger partial charge is 0.354 e. The molecule has 0 bridgehead atoms. The molecule has 0 saturated carbocycles. The standard InChI is InChI=1S/C49H41NS/c1-47(2,3)30-22-24-33-34-25-23-31(48(4,5)6)28-40(34)49(39(33)27-30)37-17-10-9-15-35(37)45-38(49)18-12-19-41(45)50-42-20-11-16-36-44-32-14-8-7-13-29(32)21-26-43(44)51-46(36)42/h7-28,50H,1-6H3. The van der Waals surface area contributed by atoms with Crippen LogP contribution >= 0.6 is 11.3 Å². The van der Waals surface area contributed by atoms with Gasteiger partial charge in [-0.15, -0.1) is 11.3 Å². The molecule has 1 nitrogen and oxygen atoms in total. The molecule has 0 aliphatic heterocycles. The highest BCUT2D eigenvalue weighted by Gasteiger charge is 2.52. The number of hydrogen-bond acceptors (Lipinski definition) is 2. The second-order valence-corrected chi connectivity index (χ2v) is 17.7. The van der Waals surface area contributed by atoms with Gasteiger partial charge in [0.25, 0.3) is 0 Å². The zero-order chi connectivity index (χ0) is 34.9. The number of benzene rings is 7. The highest BCUT2D eigenvalue weighted by Crippen LogP contribution is 2.64. The molecule has 10 rings (SSSR count). The van der Waals surface area contributed by atoms with E-state index in [0.29, 0.717) is 0 Å². The van der Waals surface area contributed by atoms with Crippen LogP contribution in [0.2, 0.25) is 0 Å². The first kappa shape index (κ1) is 30.6. The lowest BCUT2D eigenvalue weighted by atomic mass is 9.69. The normalized spacial score (nSPS) is 14.2. The van der Waals surface area contributed by atoms with E-state index in [1.807, 2.05) is 11.3 Å². The first-order valence-corrected chi connectivity index (χ1v) is 19.0. The molecular weight excluding hydrogens is 635 g/mol. The van der Waals surface area contributed by atoms with Gasteiger partial charge in [-0.1, -0.05) is 157 Å². The van der Waals surface area contributed by atoms with Gasteiger partial charge in [-0.2, -0.15) is 0 Å². The van der Waals surface area contributed by atoms with Gasteiger partial charge in [-0.05, 0) is 89.9 Å². The van der Waals surface area contributed by atoms with Crippen molar-refractivity contribution >= 4 is 53.7 Å². The molecule has 0 atom stereocenters. The summed E-state index contributed by atoms with van der Waals surface area (Å²) < 4.78 is 2.62. The van der Waals surface area contributed by atoms with Crippen molar-refractivity contribution in [1.29, 1.82) is 0 Å². The number of rotatable bonds is 2. The van der Waals surface area contributed by atoms with Crippen molar-refractivity contribution in [1.82, 2.24) is 0 Å². The first-order chi connectivity index (χ1) is 24.5. The average molecular weight is 676 g/mol. The van der Waals surface area contributed by atoms with Crippen molar-refractivity contribution in [2.45, 2.75) is 57.8 Å². The molecule has 248 valence electrons. The van der Waals surface area contributed by atoms with Crippen molar-refractivity contribution in [2.24, 2.45) is 0 Å². The van der Waals surface area contributed by atoms with Crippen molar-refractivity contribution in [3.05, 3.63) is 167 Å². The van der Waals surface area contributed by atoms with Crippen LogP contribution in [0.5, 0.6) is 0 Å². The van der Waals surface area contributed by atoms with Gasteiger partial charge in [0.1, 0.15) is 0 Å². The molecule has 0 fully saturated rings. The van der Waals surface area contributed by atoms with Crippen LogP contribution in [0.4, 0.5) is 11.4 Å². The van der Waals surface area contributed by atoms with Gasteiger partial charge in [0, 0.05) is 26.7 Å². The fourth-order valence-electron chi connectivity index (χ4n) is 9.08. The summed E-state index contributed by atoms with van der Waals surface area (Å²) in [5.74, 6) is 0. The van der Waals surface area contributed by atoms with Crippen molar-refractivity contribution < 1.29 is 0 Å². The third-order valence-corrected chi connectivity index (χ3v) is 12.8. The van der Waals surface area contributed by atoms with Gasteiger partial charge in [0.05, 0.1) is 15.8 Å². The molecule has 2 aliphatic rings.